The van der Waals surface area contributed by atoms with Gasteiger partial charge in [0.15, 0.2) is 0 Å². The Hall–Kier alpha value is -0.221. The number of carbonyl (C=O) groups is 2. The number of ketones is 2. The molecule has 0 saturated heterocycles. The number of rotatable bonds is 5. The Balaban J connectivity index is 2.12. The first kappa shape index (κ1) is 14.2. The van der Waals surface area contributed by atoms with Gasteiger partial charge in [0.2, 0.25) is 0 Å². The van der Waals surface area contributed by atoms with Gasteiger partial charge in [0.05, 0.1) is 0 Å². The molecule has 0 amide bonds. The third kappa shape index (κ3) is 3.21. The van der Waals surface area contributed by atoms with Gasteiger partial charge in [-0.1, -0.05) is 0 Å². The van der Waals surface area contributed by atoms with E-state index in [2.05, 4.69) is 0 Å². The summed E-state index contributed by atoms with van der Waals surface area (Å²) in [6, 6.07) is 4.09. The van der Waals surface area contributed by atoms with E-state index in [-0.39, 0.29) is 37.8 Å². The zero-order valence-electron chi connectivity index (χ0n) is 9.76. The summed E-state index contributed by atoms with van der Waals surface area (Å²) in [5.74, 6) is 0.296. The second kappa shape index (κ2) is 6.29. The normalized spacial score (nSPS) is 10.6. The molecule has 2 aromatic rings. The fourth-order valence-electron chi connectivity index (χ4n) is 1.33. The van der Waals surface area contributed by atoms with Crippen LogP contribution in [0, 0.1) is 0 Å². The maximum atomic E-state index is 11.4. The molecular weight excluding hydrogens is 398 g/mol. The van der Waals surface area contributed by atoms with E-state index >= 15 is 0 Å². The number of Topliss-reactive ketones (excluding diaryl/α,β-unsaturated/α-hetero) is 2. The summed E-state index contributed by atoms with van der Waals surface area (Å²) in [5.41, 5.74) is 0. The number of hydrogen-bond donors (Lipinski definition) is 0. The number of carbonyl (C=O) groups excluding carboxylic acids is 2. The molecule has 0 aromatic carbocycles. The van der Waals surface area contributed by atoms with Crippen LogP contribution in [0.4, 0.5) is 0 Å². The summed E-state index contributed by atoms with van der Waals surface area (Å²) in [4.78, 5) is 24.6. The Morgan fingerprint density at radius 1 is 0.889 bits per heavy atom. The third-order valence-electron chi connectivity index (χ3n) is 2.12. The topological polar surface area (TPSA) is 34.1 Å². The molecule has 6 heteroatoms. The molecule has 2 heterocycles. The summed E-state index contributed by atoms with van der Waals surface area (Å²) in [5, 5.41) is 3.95. The van der Waals surface area contributed by atoms with Crippen LogP contribution in [0.5, 0.6) is 0 Å². The molecule has 2 rings (SSSR count). The summed E-state index contributed by atoms with van der Waals surface area (Å²) in [7, 11) is 0. The predicted molar refractivity (Wildman–Crippen MR) is 79.4 cm³/mol. The quantitative estimate of drug-likeness (QED) is 0.555. The van der Waals surface area contributed by atoms with Crippen LogP contribution in [0.1, 0.15) is 33.2 Å². The van der Waals surface area contributed by atoms with Crippen LogP contribution in [-0.4, -0.2) is 37.8 Å². The second-order valence-corrected chi connectivity index (χ2v) is 11.5. The molecule has 0 fully saturated rings. The maximum absolute atomic E-state index is 11.4. The van der Waals surface area contributed by atoms with Crippen molar-refractivity contribution in [2.24, 2.45) is 0 Å². The van der Waals surface area contributed by atoms with Gasteiger partial charge in [-0.3, -0.25) is 0 Å². The Morgan fingerprint density at radius 2 is 1.28 bits per heavy atom. The average molecular weight is 408 g/mol. The molecule has 0 unspecified atom stereocenters. The van der Waals surface area contributed by atoms with E-state index in [1.807, 2.05) is 22.9 Å². The Morgan fingerprint density at radius 3 is 1.61 bits per heavy atom. The van der Waals surface area contributed by atoms with Crippen molar-refractivity contribution in [2.75, 3.05) is 0 Å². The first-order valence-corrected chi connectivity index (χ1v) is 12.9. The van der Waals surface area contributed by atoms with E-state index in [1.165, 1.54) is 31.6 Å². The summed E-state index contributed by atoms with van der Waals surface area (Å²) >= 11 is 3.59. The zero-order chi connectivity index (χ0) is 13.1. The van der Waals surface area contributed by atoms with Crippen LogP contribution in [-0.2, 0) is 0 Å². The molecule has 0 N–H and O–H groups in total. The molecule has 0 spiro atoms. The molecule has 0 radical (unpaired) electrons. The second-order valence-electron chi connectivity index (χ2n) is 3.51. The van der Waals surface area contributed by atoms with Gasteiger partial charge in [0.1, 0.15) is 0 Å². The van der Waals surface area contributed by atoms with Crippen LogP contribution in [0.2, 0.25) is 0 Å². The average Bonchev–Trinajstić information content (AvgIpc) is 2.94. The SMILES string of the molecule is CC(=O)c1sccc1[Se][Se]c1ccsc1C(C)=O. The van der Waals surface area contributed by atoms with Gasteiger partial charge in [-0.2, -0.15) is 0 Å². The van der Waals surface area contributed by atoms with Crippen molar-refractivity contribution >= 4 is 69.4 Å². The van der Waals surface area contributed by atoms with E-state index in [1.54, 1.807) is 13.8 Å². The van der Waals surface area contributed by atoms with E-state index in [9.17, 15) is 9.59 Å². The molecule has 0 aliphatic rings. The van der Waals surface area contributed by atoms with Crippen LogP contribution < -0.4 is 8.92 Å². The van der Waals surface area contributed by atoms with Crippen molar-refractivity contribution in [3.8, 4) is 0 Å². The molecular formula is C12H10O2S2Se2. The summed E-state index contributed by atoms with van der Waals surface area (Å²) < 4.78 is 2.36. The first-order chi connectivity index (χ1) is 8.59. The van der Waals surface area contributed by atoms with Gasteiger partial charge in [0.25, 0.3) is 0 Å². The van der Waals surface area contributed by atoms with Crippen molar-refractivity contribution in [1.82, 2.24) is 0 Å². The molecule has 0 saturated carbocycles. The Kier molecular flexibility index (Phi) is 4.96. The van der Waals surface area contributed by atoms with Gasteiger partial charge in [-0.05, 0) is 0 Å². The Bertz CT molecular complexity index is 534. The fraction of sp³-hybridized carbons (Fsp3) is 0.167. The van der Waals surface area contributed by atoms with E-state index < -0.39 is 0 Å². The zero-order valence-corrected chi connectivity index (χ0v) is 14.8. The molecule has 0 aliphatic heterocycles. The predicted octanol–water partition coefficient (Wildman–Crippen LogP) is 1.49. The summed E-state index contributed by atoms with van der Waals surface area (Å²) in [6.45, 7) is 3.23. The number of thiophene rings is 2. The molecule has 0 aliphatic carbocycles. The standard InChI is InChI=1S/C12H10O2S2Se2/c1-7(13)11-9(3-5-15-11)17-18-10-4-6-16-12(10)8(2)14/h3-6H,1-2H3. The van der Waals surface area contributed by atoms with Crippen molar-refractivity contribution in [3.05, 3.63) is 32.6 Å². The van der Waals surface area contributed by atoms with E-state index in [0.717, 1.165) is 9.75 Å². The van der Waals surface area contributed by atoms with Crippen molar-refractivity contribution in [3.63, 3.8) is 0 Å². The van der Waals surface area contributed by atoms with Gasteiger partial charge in [0, 0.05) is 0 Å². The van der Waals surface area contributed by atoms with Crippen molar-refractivity contribution < 1.29 is 9.59 Å². The fourth-order valence-corrected chi connectivity index (χ4v) is 12.2. The Labute approximate surface area is 125 Å². The van der Waals surface area contributed by atoms with Gasteiger partial charge in [-0.25, -0.2) is 0 Å². The van der Waals surface area contributed by atoms with E-state index in [0.29, 0.717) is 0 Å². The monoisotopic (exact) mass is 410 g/mol. The minimum atomic E-state index is 0.148. The van der Waals surface area contributed by atoms with E-state index in [4.69, 9.17) is 0 Å². The molecule has 2 aromatic heterocycles. The van der Waals surface area contributed by atoms with Gasteiger partial charge in [-0.15, -0.1) is 0 Å². The van der Waals surface area contributed by atoms with Crippen LogP contribution in [0.3, 0.4) is 0 Å². The van der Waals surface area contributed by atoms with Crippen LogP contribution in [0.15, 0.2) is 22.9 Å². The molecule has 2 nitrogen and oxygen atoms in total. The first-order valence-electron chi connectivity index (χ1n) is 5.11. The van der Waals surface area contributed by atoms with Gasteiger partial charge < -0.3 is 0 Å². The minimum absolute atomic E-state index is 0.148. The number of hydrogen-bond acceptors (Lipinski definition) is 4. The van der Waals surface area contributed by atoms with Gasteiger partial charge >= 0.3 is 126 Å². The molecule has 0 atom stereocenters. The molecule has 18 heavy (non-hydrogen) atoms. The van der Waals surface area contributed by atoms with Crippen molar-refractivity contribution in [2.45, 2.75) is 13.8 Å². The molecule has 94 valence electrons. The van der Waals surface area contributed by atoms with Crippen LogP contribution >= 0.6 is 22.7 Å². The van der Waals surface area contributed by atoms with Crippen molar-refractivity contribution in [1.29, 1.82) is 0 Å². The summed E-state index contributed by atoms with van der Waals surface area (Å²) in [6.07, 6.45) is 0. The molecule has 0 bridgehead atoms. The third-order valence-corrected chi connectivity index (χ3v) is 11.9. The van der Waals surface area contributed by atoms with Crippen LogP contribution in [0.25, 0.3) is 0 Å².